The van der Waals surface area contributed by atoms with Crippen LogP contribution in [0.1, 0.15) is 12.2 Å². The second kappa shape index (κ2) is 6.51. The predicted molar refractivity (Wildman–Crippen MR) is 100 cm³/mol. The van der Waals surface area contributed by atoms with Gasteiger partial charge in [-0.2, -0.15) is 5.10 Å². The van der Waals surface area contributed by atoms with Crippen molar-refractivity contribution in [2.45, 2.75) is 25.0 Å². The SMILES string of the molecule is Cn1cc(-c2ccc3cnc(CC(=O)CN4C[C@@H]5C[C@H]4CO5)nc3c2)cn1. The van der Waals surface area contributed by atoms with E-state index in [1.165, 1.54) is 0 Å². The van der Waals surface area contributed by atoms with Crippen molar-refractivity contribution >= 4 is 16.7 Å². The molecule has 0 aliphatic carbocycles. The van der Waals surface area contributed by atoms with Crippen molar-refractivity contribution in [3.05, 3.63) is 42.6 Å². The summed E-state index contributed by atoms with van der Waals surface area (Å²) in [4.78, 5) is 23.7. The van der Waals surface area contributed by atoms with E-state index in [-0.39, 0.29) is 12.2 Å². The van der Waals surface area contributed by atoms with Crippen LogP contribution in [0.25, 0.3) is 22.0 Å². The van der Waals surface area contributed by atoms with Crippen LogP contribution in [0.3, 0.4) is 0 Å². The van der Waals surface area contributed by atoms with E-state index in [4.69, 9.17) is 4.74 Å². The molecule has 0 N–H and O–H groups in total. The third kappa shape index (κ3) is 3.24. The van der Waals surface area contributed by atoms with Crippen LogP contribution in [0.2, 0.25) is 0 Å². The highest BCUT2D eigenvalue weighted by molar-refractivity contribution is 5.85. The largest absolute Gasteiger partial charge is 0.375 e. The summed E-state index contributed by atoms with van der Waals surface area (Å²) in [6.45, 7) is 2.08. The van der Waals surface area contributed by atoms with E-state index in [0.717, 1.165) is 41.6 Å². The van der Waals surface area contributed by atoms with Gasteiger partial charge in [0.25, 0.3) is 0 Å². The minimum atomic E-state index is 0.158. The molecular formula is C20H21N5O2. The smallest absolute Gasteiger partial charge is 0.154 e. The van der Waals surface area contributed by atoms with Crippen molar-refractivity contribution in [1.82, 2.24) is 24.6 Å². The highest BCUT2D eigenvalue weighted by Crippen LogP contribution is 2.27. The van der Waals surface area contributed by atoms with Crippen LogP contribution in [-0.4, -0.2) is 62.3 Å². The Morgan fingerprint density at radius 2 is 2.22 bits per heavy atom. The Morgan fingerprint density at radius 1 is 1.30 bits per heavy atom. The van der Waals surface area contributed by atoms with Gasteiger partial charge in [0.05, 0.1) is 37.4 Å². The molecule has 2 aliphatic heterocycles. The quantitative estimate of drug-likeness (QED) is 0.686. The second-order valence-electron chi connectivity index (χ2n) is 7.45. The lowest BCUT2D eigenvalue weighted by Crippen LogP contribution is -2.40. The number of aryl methyl sites for hydroxylation is 1. The Bertz CT molecular complexity index is 1010. The number of hydrogen-bond acceptors (Lipinski definition) is 6. The molecule has 2 fully saturated rings. The first kappa shape index (κ1) is 16.5. The molecule has 27 heavy (non-hydrogen) atoms. The van der Waals surface area contributed by atoms with Gasteiger partial charge in [-0.1, -0.05) is 12.1 Å². The lowest BCUT2D eigenvalue weighted by molar-refractivity contribution is -0.120. The van der Waals surface area contributed by atoms with Gasteiger partial charge in [0.15, 0.2) is 5.78 Å². The van der Waals surface area contributed by atoms with E-state index in [2.05, 4.69) is 20.0 Å². The Balaban J connectivity index is 1.33. The summed E-state index contributed by atoms with van der Waals surface area (Å²) in [7, 11) is 1.90. The maximum absolute atomic E-state index is 12.5. The van der Waals surface area contributed by atoms with Gasteiger partial charge in [0, 0.05) is 43.0 Å². The van der Waals surface area contributed by atoms with Gasteiger partial charge < -0.3 is 4.74 Å². The Morgan fingerprint density at radius 3 is 2.96 bits per heavy atom. The van der Waals surface area contributed by atoms with Gasteiger partial charge in [-0.25, -0.2) is 9.97 Å². The average molecular weight is 363 g/mol. The molecule has 0 amide bonds. The first-order valence-corrected chi connectivity index (χ1v) is 9.26. The minimum Gasteiger partial charge on any atom is -0.375 e. The first-order chi connectivity index (χ1) is 13.1. The molecule has 138 valence electrons. The van der Waals surface area contributed by atoms with Crippen LogP contribution in [0.5, 0.6) is 0 Å². The van der Waals surface area contributed by atoms with Crippen molar-refractivity contribution in [3.63, 3.8) is 0 Å². The average Bonchev–Trinajstić information content (AvgIpc) is 3.38. The third-order valence-corrected chi connectivity index (χ3v) is 5.42. The number of rotatable bonds is 5. The number of carbonyl (C=O) groups excluding carboxylic acids is 1. The fraction of sp³-hybridized carbons (Fsp3) is 0.400. The zero-order valence-corrected chi connectivity index (χ0v) is 15.2. The minimum absolute atomic E-state index is 0.158. The fourth-order valence-electron chi connectivity index (χ4n) is 4.03. The molecule has 0 unspecified atom stereocenters. The molecule has 5 rings (SSSR count). The van der Waals surface area contributed by atoms with Gasteiger partial charge in [-0.05, 0) is 18.1 Å². The van der Waals surface area contributed by atoms with Gasteiger partial charge in [-0.15, -0.1) is 0 Å². The normalized spacial score (nSPS) is 22.0. The Labute approximate surface area is 157 Å². The van der Waals surface area contributed by atoms with E-state index < -0.39 is 0 Å². The van der Waals surface area contributed by atoms with Crippen LogP contribution in [0.4, 0.5) is 0 Å². The highest BCUT2D eigenvalue weighted by Gasteiger charge is 2.39. The van der Waals surface area contributed by atoms with E-state index >= 15 is 0 Å². The van der Waals surface area contributed by atoms with E-state index in [0.29, 0.717) is 24.5 Å². The number of hydrogen-bond donors (Lipinski definition) is 0. The number of fused-ring (bicyclic) bond motifs is 3. The van der Waals surface area contributed by atoms with Crippen LogP contribution >= 0.6 is 0 Å². The summed E-state index contributed by atoms with van der Waals surface area (Å²) in [6.07, 6.45) is 7.23. The fourth-order valence-corrected chi connectivity index (χ4v) is 4.03. The molecule has 7 nitrogen and oxygen atoms in total. The first-order valence-electron chi connectivity index (χ1n) is 9.26. The summed E-state index contributed by atoms with van der Waals surface area (Å²) in [5, 5.41) is 5.19. The molecular weight excluding hydrogens is 342 g/mol. The van der Waals surface area contributed by atoms with Crippen LogP contribution in [0.15, 0.2) is 36.8 Å². The molecule has 2 aliphatic rings. The van der Waals surface area contributed by atoms with E-state index in [9.17, 15) is 4.79 Å². The zero-order valence-electron chi connectivity index (χ0n) is 15.2. The van der Waals surface area contributed by atoms with Crippen molar-refractivity contribution in [2.24, 2.45) is 7.05 Å². The van der Waals surface area contributed by atoms with Crippen molar-refractivity contribution < 1.29 is 9.53 Å². The number of benzene rings is 1. The number of ether oxygens (including phenoxy) is 1. The third-order valence-electron chi connectivity index (χ3n) is 5.42. The monoisotopic (exact) mass is 363 g/mol. The van der Waals surface area contributed by atoms with Crippen molar-refractivity contribution in [2.75, 3.05) is 19.7 Å². The molecule has 1 aromatic carbocycles. The summed E-state index contributed by atoms with van der Waals surface area (Å²) in [5.74, 6) is 0.738. The summed E-state index contributed by atoms with van der Waals surface area (Å²) >= 11 is 0. The molecule has 2 saturated heterocycles. The number of nitrogens with zero attached hydrogens (tertiary/aromatic N) is 5. The standard InChI is InChI=1S/C20H21N5O2/c1-24-9-15(8-22-24)13-2-3-14-7-21-20(23-19(14)4-13)6-17(26)10-25-11-18-5-16(25)12-27-18/h2-4,7-9,16,18H,5-6,10-12H2,1H3/t16-,18-/m0/s1. The molecule has 2 bridgehead atoms. The number of carbonyl (C=O) groups is 1. The van der Waals surface area contributed by atoms with Crippen LogP contribution < -0.4 is 0 Å². The molecule has 2 atom stereocenters. The molecule has 3 aromatic rings. The molecule has 4 heterocycles. The molecule has 2 aromatic heterocycles. The topological polar surface area (TPSA) is 73.1 Å². The molecule has 0 spiro atoms. The lowest BCUT2D eigenvalue weighted by Gasteiger charge is -2.25. The number of morpholine rings is 1. The molecule has 0 saturated carbocycles. The molecule has 7 heteroatoms. The van der Waals surface area contributed by atoms with Gasteiger partial charge in [0.2, 0.25) is 0 Å². The summed E-state index contributed by atoms with van der Waals surface area (Å²) < 4.78 is 7.37. The van der Waals surface area contributed by atoms with E-state index in [1.54, 1.807) is 10.9 Å². The number of ketones is 1. The van der Waals surface area contributed by atoms with Crippen LogP contribution in [-0.2, 0) is 23.0 Å². The number of aromatic nitrogens is 4. The van der Waals surface area contributed by atoms with Gasteiger partial charge >= 0.3 is 0 Å². The number of likely N-dealkylation sites (tertiary alicyclic amines) is 1. The Kier molecular flexibility index (Phi) is 3.98. The second-order valence-corrected chi connectivity index (χ2v) is 7.45. The molecule has 0 radical (unpaired) electrons. The van der Waals surface area contributed by atoms with Gasteiger partial charge in [0.1, 0.15) is 5.82 Å². The van der Waals surface area contributed by atoms with Crippen LogP contribution in [0, 0.1) is 0 Å². The maximum Gasteiger partial charge on any atom is 0.154 e. The zero-order chi connectivity index (χ0) is 18.4. The summed E-state index contributed by atoms with van der Waals surface area (Å²) in [5.41, 5.74) is 2.95. The van der Waals surface area contributed by atoms with Gasteiger partial charge in [-0.3, -0.25) is 14.4 Å². The lowest BCUT2D eigenvalue weighted by atomic mass is 10.1. The van der Waals surface area contributed by atoms with Crippen molar-refractivity contribution in [1.29, 1.82) is 0 Å². The Hall–Kier alpha value is -2.64. The predicted octanol–water partition coefficient (Wildman–Crippen LogP) is 1.61. The van der Waals surface area contributed by atoms with E-state index in [1.807, 2.05) is 37.6 Å². The summed E-state index contributed by atoms with van der Waals surface area (Å²) in [6, 6.07) is 6.47. The highest BCUT2D eigenvalue weighted by atomic mass is 16.5. The maximum atomic E-state index is 12.5. The van der Waals surface area contributed by atoms with Crippen molar-refractivity contribution in [3.8, 4) is 11.1 Å². The number of Topliss-reactive ketones (excluding diaryl/α,β-unsaturated/α-hetero) is 1.